The molecule has 0 aliphatic carbocycles. The lowest BCUT2D eigenvalue weighted by Crippen LogP contribution is -2.42. The number of hydrogen-bond acceptors (Lipinski definition) is 4. The first-order chi connectivity index (χ1) is 14.1. The smallest absolute Gasteiger partial charge is 0.261 e. The Morgan fingerprint density at radius 3 is 2.55 bits per heavy atom. The first kappa shape index (κ1) is 19.2. The second-order valence-corrected chi connectivity index (χ2v) is 8.03. The zero-order valence-electron chi connectivity index (χ0n) is 15.9. The molecule has 1 aliphatic rings. The Balaban J connectivity index is 1.48. The molecule has 1 aliphatic heterocycles. The van der Waals surface area contributed by atoms with Gasteiger partial charge in [-0.1, -0.05) is 42.5 Å². The van der Waals surface area contributed by atoms with Crippen molar-refractivity contribution in [2.24, 2.45) is 5.73 Å². The largest absolute Gasteiger partial charge is 0.484 e. The minimum atomic E-state index is -0.376. The quantitative estimate of drug-likeness (QED) is 0.682. The molecule has 2 amide bonds. The van der Waals surface area contributed by atoms with E-state index >= 15 is 0 Å². The Kier molecular flexibility index (Phi) is 5.62. The molecule has 1 atom stereocenters. The van der Waals surface area contributed by atoms with Crippen LogP contribution in [-0.2, 0) is 22.4 Å². The number of hydrogen-bond donors (Lipinski definition) is 1. The van der Waals surface area contributed by atoms with Gasteiger partial charge in [0.1, 0.15) is 5.75 Å². The minimum absolute atomic E-state index is 0.0298. The SMILES string of the molecule is NC(=O)Cc1ccc(OCC(=O)N2CCc3sccc3C2c2ccccc2)cc1. The van der Waals surface area contributed by atoms with Crippen molar-refractivity contribution in [3.63, 3.8) is 0 Å². The van der Waals surface area contributed by atoms with Gasteiger partial charge < -0.3 is 15.4 Å². The first-order valence-corrected chi connectivity index (χ1v) is 10.4. The lowest BCUT2D eigenvalue weighted by atomic mass is 9.93. The van der Waals surface area contributed by atoms with Crippen molar-refractivity contribution in [2.45, 2.75) is 18.9 Å². The monoisotopic (exact) mass is 406 g/mol. The van der Waals surface area contributed by atoms with E-state index in [1.165, 1.54) is 10.4 Å². The number of carbonyl (C=O) groups excluding carboxylic acids is 2. The fraction of sp³-hybridized carbons (Fsp3) is 0.217. The number of ether oxygens (including phenoxy) is 1. The van der Waals surface area contributed by atoms with Gasteiger partial charge in [-0.3, -0.25) is 9.59 Å². The van der Waals surface area contributed by atoms with Gasteiger partial charge >= 0.3 is 0 Å². The van der Waals surface area contributed by atoms with Crippen molar-refractivity contribution in [3.8, 4) is 5.75 Å². The van der Waals surface area contributed by atoms with Crippen LogP contribution in [0.15, 0.2) is 66.0 Å². The molecule has 2 aromatic carbocycles. The van der Waals surface area contributed by atoms with Crippen molar-refractivity contribution in [2.75, 3.05) is 13.2 Å². The van der Waals surface area contributed by atoms with Gasteiger partial charge in [-0.2, -0.15) is 0 Å². The number of fused-ring (bicyclic) bond motifs is 1. The van der Waals surface area contributed by atoms with E-state index < -0.39 is 0 Å². The maximum Gasteiger partial charge on any atom is 0.261 e. The van der Waals surface area contributed by atoms with Gasteiger partial charge in [0.2, 0.25) is 5.91 Å². The van der Waals surface area contributed by atoms with E-state index in [0.717, 1.165) is 17.5 Å². The van der Waals surface area contributed by atoms with E-state index in [1.54, 1.807) is 35.6 Å². The van der Waals surface area contributed by atoms with E-state index in [9.17, 15) is 9.59 Å². The standard InChI is InChI=1S/C23H22N2O3S/c24-21(26)14-16-6-8-18(9-7-16)28-15-22(27)25-12-10-20-19(11-13-29-20)23(25)17-4-2-1-3-5-17/h1-9,11,13,23H,10,12,14-15H2,(H2,24,26). The molecule has 148 valence electrons. The van der Waals surface area contributed by atoms with Gasteiger partial charge in [-0.05, 0) is 46.7 Å². The van der Waals surface area contributed by atoms with Gasteiger partial charge in [0.05, 0.1) is 12.5 Å². The maximum atomic E-state index is 13.0. The Hall–Kier alpha value is -3.12. The van der Waals surface area contributed by atoms with Crippen LogP contribution in [-0.4, -0.2) is 29.9 Å². The second-order valence-electron chi connectivity index (χ2n) is 7.03. The summed E-state index contributed by atoms with van der Waals surface area (Å²) in [6, 6.07) is 19.2. The summed E-state index contributed by atoms with van der Waals surface area (Å²) in [6.07, 6.45) is 1.05. The van der Waals surface area contributed by atoms with Crippen molar-refractivity contribution < 1.29 is 14.3 Å². The van der Waals surface area contributed by atoms with Gasteiger partial charge in [0, 0.05) is 11.4 Å². The molecule has 2 heterocycles. The highest BCUT2D eigenvalue weighted by Gasteiger charge is 2.32. The van der Waals surface area contributed by atoms with E-state index in [2.05, 4.69) is 23.6 Å². The summed E-state index contributed by atoms with van der Waals surface area (Å²) in [6.45, 7) is 0.644. The van der Waals surface area contributed by atoms with Crippen LogP contribution in [0.4, 0.5) is 0 Å². The van der Waals surface area contributed by atoms with Gasteiger partial charge in [-0.15, -0.1) is 11.3 Å². The van der Waals surface area contributed by atoms with E-state index in [1.807, 2.05) is 23.1 Å². The fourth-order valence-electron chi connectivity index (χ4n) is 3.71. The summed E-state index contributed by atoms with van der Waals surface area (Å²) in [5, 5.41) is 2.10. The topological polar surface area (TPSA) is 72.6 Å². The first-order valence-electron chi connectivity index (χ1n) is 9.52. The third kappa shape index (κ3) is 4.32. The molecule has 5 nitrogen and oxygen atoms in total. The van der Waals surface area contributed by atoms with Gasteiger partial charge in [-0.25, -0.2) is 0 Å². The number of benzene rings is 2. The lowest BCUT2D eigenvalue weighted by Gasteiger charge is -2.36. The molecule has 4 rings (SSSR count). The highest BCUT2D eigenvalue weighted by molar-refractivity contribution is 7.10. The van der Waals surface area contributed by atoms with Crippen LogP contribution in [0.1, 0.15) is 27.6 Å². The van der Waals surface area contributed by atoms with Crippen LogP contribution >= 0.6 is 11.3 Å². The molecular weight excluding hydrogens is 384 g/mol. The van der Waals surface area contributed by atoms with Crippen molar-refractivity contribution in [3.05, 3.63) is 87.6 Å². The number of carbonyl (C=O) groups is 2. The van der Waals surface area contributed by atoms with E-state index in [4.69, 9.17) is 10.5 Å². The molecule has 0 spiro atoms. The molecular formula is C23H22N2O3S. The lowest BCUT2D eigenvalue weighted by molar-refractivity contribution is -0.135. The van der Waals surface area contributed by atoms with Gasteiger partial charge in [0.25, 0.3) is 5.91 Å². The summed E-state index contributed by atoms with van der Waals surface area (Å²) in [5.41, 5.74) is 8.34. The highest BCUT2D eigenvalue weighted by atomic mass is 32.1. The highest BCUT2D eigenvalue weighted by Crippen LogP contribution is 2.37. The average Bonchev–Trinajstić information content (AvgIpc) is 3.21. The molecule has 0 saturated carbocycles. The number of primary amides is 1. The van der Waals surface area contributed by atoms with Crippen LogP contribution in [0.2, 0.25) is 0 Å². The van der Waals surface area contributed by atoms with Crippen LogP contribution in [0.5, 0.6) is 5.75 Å². The summed E-state index contributed by atoms with van der Waals surface area (Å²) < 4.78 is 5.73. The second kappa shape index (κ2) is 8.49. The van der Waals surface area contributed by atoms with Crippen molar-refractivity contribution in [1.82, 2.24) is 4.90 Å². The fourth-order valence-corrected chi connectivity index (χ4v) is 4.62. The number of nitrogens with zero attached hydrogens (tertiary/aromatic N) is 1. The van der Waals surface area contributed by atoms with Crippen LogP contribution in [0, 0.1) is 0 Å². The van der Waals surface area contributed by atoms with Gasteiger partial charge in [0.15, 0.2) is 6.61 Å². The molecule has 1 unspecified atom stereocenters. The molecule has 0 radical (unpaired) electrons. The third-order valence-electron chi connectivity index (χ3n) is 5.07. The average molecular weight is 407 g/mol. The zero-order chi connectivity index (χ0) is 20.2. The third-order valence-corrected chi connectivity index (χ3v) is 6.06. The Bertz CT molecular complexity index is 998. The molecule has 2 N–H and O–H groups in total. The molecule has 0 saturated heterocycles. The summed E-state index contributed by atoms with van der Waals surface area (Å²) in [5.74, 6) is 0.173. The molecule has 29 heavy (non-hydrogen) atoms. The van der Waals surface area contributed by atoms with Crippen LogP contribution in [0.3, 0.4) is 0 Å². The molecule has 0 fully saturated rings. The Morgan fingerprint density at radius 1 is 1.07 bits per heavy atom. The molecule has 6 heteroatoms. The Morgan fingerprint density at radius 2 is 1.83 bits per heavy atom. The molecule has 0 bridgehead atoms. The van der Waals surface area contributed by atoms with Crippen molar-refractivity contribution >= 4 is 23.2 Å². The normalized spacial score (nSPS) is 15.6. The maximum absolute atomic E-state index is 13.0. The molecule has 1 aromatic heterocycles. The summed E-state index contributed by atoms with van der Waals surface area (Å²) >= 11 is 1.75. The number of rotatable bonds is 6. The van der Waals surface area contributed by atoms with E-state index in [0.29, 0.717) is 12.3 Å². The summed E-state index contributed by atoms with van der Waals surface area (Å²) in [4.78, 5) is 27.3. The Labute approximate surface area is 173 Å². The van der Waals surface area contributed by atoms with E-state index in [-0.39, 0.29) is 30.9 Å². The van der Waals surface area contributed by atoms with Crippen LogP contribution in [0.25, 0.3) is 0 Å². The minimum Gasteiger partial charge on any atom is -0.484 e. The predicted molar refractivity (Wildman–Crippen MR) is 113 cm³/mol. The van der Waals surface area contributed by atoms with Crippen molar-refractivity contribution in [1.29, 1.82) is 0 Å². The molecule has 3 aromatic rings. The number of amides is 2. The number of nitrogens with two attached hydrogens (primary N) is 1. The zero-order valence-corrected chi connectivity index (χ0v) is 16.7. The predicted octanol–water partition coefficient (Wildman–Crippen LogP) is 3.33. The number of thiophene rings is 1. The summed E-state index contributed by atoms with van der Waals surface area (Å²) in [7, 11) is 0. The van der Waals surface area contributed by atoms with Crippen LogP contribution < -0.4 is 10.5 Å².